The van der Waals surface area contributed by atoms with Crippen molar-refractivity contribution < 1.29 is 19.7 Å². The molecule has 5 rings (SSSR count). The second-order valence-corrected chi connectivity index (χ2v) is 13.2. The quantitative estimate of drug-likeness (QED) is 0.188. The van der Waals surface area contributed by atoms with Crippen LogP contribution in [-0.2, 0) is 9.53 Å². The van der Waals surface area contributed by atoms with Gasteiger partial charge in [0, 0.05) is 36.0 Å². The number of anilines is 1. The number of nitrogens with zero attached hydrogens (tertiary/aromatic N) is 5. The molecule has 9 nitrogen and oxygen atoms in total. The van der Waals surface area contributed by atoms with Crippen molar-refractivity contribution in [2.24, 2.45) is 5.41 Å². The largest absolute Gasteiger partial charge is 0.507 e. The molecule has 2 aromatic heterocycles. The van der Waals surface area contributed by atoms with Crippen molar-refractivity contribution in [1.29, 1.82) is 5.26 Å². The zero-order valence-corrected chi connectivity index (χ0v) is 26.7. The van der Waals surface area contributed by atoms with Gasteiger partial charge in [-0.05, 0) is 88.6 Å². The number of aromatic nitrogens is 3. The minimum Gasteiger partial charge on any atom is -0.507 e. The summed E-state index contributed by atoms with van der Waals surface area (Å²) in [6, 6.07) is 16.4. The zero-order chi connectivity index (χ0) is 32.5. The molecule has 1 fully saturated rings. The number of hydrogen-bond acceptors (Lipinski definition) is 7. The topological polar surface area (TPSA) is 124 Å². The molecule has 2 aromatic carbocycles. The van der Waals surface area contributed by atoms with Gasteiger partial charge in [0.15, 0.2) is 11.8 Å². The Balaban J connectivity index is 1.65. The van der Waals surface area contributed by atoms with E-state index in [0.29, 0.717) is 39.5 Å². The van der Waals surface area contributed by atoms with Crippen molar-refractivity contribution in [3.05, 3.63) is 78.0 Å². The van der Waals surface area contributed by atoms with Crippen molar-refractivity contribution in [2.75, 3.05) is 18.0 Å². The fourth-order valence-electron chi connectivity index (χ4n) is 6.10. The first-order valence-corrected chi connectivity index (χ1v) is 15.3. The van der Waals surface area contributed by atoms with Crippen molar-refractivity contribution in [1.82, 2.24) is 14.6 Å². The van der Waals surface area contributed by atoms with E-state index in [0.717, 1.165) is 49.9 Å². The molecule has 45 heavy (non-hydrogen) atoms. The van der Waals surface area contributed by atoms with E-state index >= 15 is 0 Å². The number of nitriles is 1. The average molecular weight is 608 g/mol. The SMILES string of the molecule is C=CCCC1(C)CCN(c2c(C(OC(C)(C)C)C(=O)O)c(C)nc3cc(-c4cccc(-c5cc(C#N)ccc5O)c4)nn23)CC1. The monoisotopic (exact) mass is 607 g/mol. The smallest absolute Gasteiger partial charge is 0.337 e. The van der Waals surface area contributed by atoms with Crippen LogP contribution >= 0.6 is 0 Å². The van der Waals surface area contributed by atoms with E-state index in [1.165, 1.54) is 6.07 Å². The van der Waals surface area contributed by atoms with Gasteiger partial charge in [0.05, 0.1) is 28.5 Å². The standard InChI is InChI=1S/C36H41N5O4/c1-7-8-14-36(6)15-17-40(18-16-36)33-31(32(34(43)44)45-35(3,4)5)23(2)38-30-21-28(39-41(30)33)26-11-9-10-25(20-26)27-19-24(22-37)12-13-29(27)42/h7,9-13,19-21,32,42H,1,8,14-18H2,2-6H3,(H,43,44). The number of piperidine rings is 1. The van der Waals surface area contributed by atoms with E-state index in [1.807, 2.05) is 64.1 Å². The van der Waals surface area contributed by atoms with Crippen LogP contribution in [0, 0.1) is 23.7 Å². The molecule has 1 saturated heterocycles. The first kappa shape index (κ1) is 31.7. The van der Waals surface area contributed by atoms with Gasteiger partial charge >= 0.3 is 5.97 Å². The number of allylic oxidation sites excluding steroid dienone is 1. The van der Waals surface area contributed by atoms with Gasteiger partial charge in [0.1, 0.15) is 11.6 Å². The van der Waals surface area contributed by atoms with E-state index in [4.69, 9.17) is 14.8 Å². The molecule has 1 aliphatic rings. The average Bonchev–Trinajstić information content (AvgIpc) is 3.42. The Labute approximate surface area is 264 Å². The third-order valence-corrected chi connectivity index (χ3v) is 8.58. The highest BCUT2D eigenvalue weighted by molar-refractivity contribution is 5.80. The van der Waals surface area contributed by atoms with Crippen LogP contribution in [0.25, 0.3) is 28.0 Å². The Kier molecular flexibility index (Phi) is 8.72. The lowest BCUT2D eigenvalue weighted by Crippen LogP contribution is -2.41. The predicted octanol–water partition coefficient (Wildman–Crippen LogP) is 7.46. The molecule has 3 heterocycles. The molecule has 1 atom stereocenters. The second kappa shape index (κ2) is 12.4. The molecular formula is C36H41N5O4. The normalized spacial score (nSPS) is 15.5. The molecule has 0 bridgehead atoms. The molecule has 0 saturated carbocycles. The van der Waals surface area contributed by atoms with Gasteiger partial charge in [-0.15, -0.1) is 6.58 Å². The van der Waals surface area contributed by atoms with E-state index in [1.54, 1.807) is 16.6 Å². The van der Waals surface area contributed by atoms with Crippen LogP contribution in [0.1, 0.15) is 76.3 Å². The van der Waals surface area contributed by atoms with Crippen LogP contribution in [-0.4, -0.2) is 49.5 Å². The van der Waals surface area contributed by atoms with Crippen molar-refractivity contribution >= 4 is 17.4 Å². The Morgan fingerprint density at radius 3 is 2.53 bits per heavy atom. The number of phenolic OH excluding ortho intramolecular Hbond substituents is 1. The zero-order valence-electron chi connectivity index (χ0n) is 26.7. The van der Waals surface area contributed by atoms with Gasteiger partial charge < -0.3 is 19.8 Å². The van der Waals surface area contributed by atoms with Gasteiger partial charge in [-0.3, -0.25) is 0 Å². The number of ether oxygens (including phenoxy) is 1. The summed E-state index contributed by atoms with van der Waals surface area (Å²) in [6.45, 7) is 15.1. The summed E-state index contributed by atoms with van der Waals surface area (Å²) in [7, 11) is 0. The highest BCUT2D eigenvalue weighted by atomic mass is 16.5. The number of aliphatic carboxylic acids is 1. The van der Waals surface area contributed by atoms with Crippen molar-refractivity contribution in [2.45, 2.75) is 72.0 Å². The molecule has 0 amide bonds. The highest BCUT2D eigenvalue weighted by Gasteiger charge is 2.37. The molecule has 2 N–H and O–H groups in total. The van der Waals surface area contributed by atoms with Crippen molar-refractivity contribution in [3.63, 3.8) is 0 Å². The Hall–Kier alpha value is -4.68. The fourth-order valence-corrected chi connectivity index (χ4v) is 6.10. The van der Waals surface area contributed by atoms with E-state index in [9.17, 15) is 20.3 Å². The highest BCUT2D eigenvalue weighted by Crippen LogP contribution is 2.41. The van der Waals surface area contributed by atoms with E-state index < -0.39 is 17.7 Å². The number of rotatable bonds is 9. The molecule has 0 spiro atoms. The minimum absolute atomic E-state index is 0.0779. The van der Waals surface area contributed by atoms with Crippen molar-refractivity contribution in [3.8, 4) is 34.2 Å². The van der Waals surface area contributed by atoms with Crippen LogP contribution in [0.15, 0.2) is 61.2 Å². The van der Waals surface area contributed by atoms with Crippen LogP contribution in [0.5, 0.6) is 5.75 Å². The Bertz CT molecular complexity index is 1790. The third-order valence-electron chi connectivity index (χ3n) is 8.58. The maximum Gasteiger partial charge on any atom is 0.337 e. The number of hydrogen-bond donors (Lipinski definition) is 2. The number of aromatic hydroxyl groups is 1. The summed E-state index contributed by atoms with van der Waals surface area (Å²) in [6.07, 6.45) is 4.64. The summed E-state index contributed by atoms with van der Waals surface area (Å²) in [5.41, 5.74) is 4.31. The number of benzene rings is 2. The van der Waals surface area contributed by atoms with Crippen LogP contribution in [0.4, 0.5) is 5.82 Å². The summed E-state index contributed by atoms with van der Waals surface area (Å²) in [5.74, 6) is -0.321. The molecule has 0 aliphatic carbocycles. The lowest BCUT2D eigenvalue weighted by molar-refractivity contribution is -0.160. The number of carboxylic acid groups (broad SMARTS) is 1. The molecule has 1 aliphatic heterocycles. The number of carboxylic acids is 1. The van der Waals surface area contributed by atoms with Gasteiger partial charge in [-0.25, -0.2) is 9.78 Å². The van der Waals surface area contributed by atoms with Gasteiger partial charge in [0.2, 0.25) is 0 Å². The maximum absolute atomic E-state index is 12.7. The molecule has 1 unspecified atom stereocenters. The molecule has 234 valence electrons. The number of phenols is 1. The summed E-state index contributed by atoms with van der Waals surface area (Å²) in [4.78, 5) is 19.8. The Morgan fingerprint density at radius 2 is 1.89 bits per heavy atom. The van der Waals surface area contributed by atoms with Gasteiger partial charge in [-0.1, -0.05) is 31.2 Å². The minimum atomic E-state index is -1.24. The molecule has 4 aromatic rings. The number of carbonyl (C=O) groups is 1. The lowest BCUT2D eigenvalue weighted by Gasteiger charge is -2.41. The summed E-state index contributed by atoms with van der Waals surface area (Å²) < 4.78 is 7.92. The van der Waals surface area contributed by atoms with Crippen LogP contribution in [0.2, 0.25) is 0 Å². The number of fused-ring (bicyclic) bond motifs is 1. The predicted molar refractivity (Wildman–Crippen MR) is 175 cm³/mol. The summed E-state index contributed by atoms with van der Waals surface area (Å²) in [5, 5.41) is 35.4. The van der Waals surface area contributed by atoms with Crippen LogP contribution in [0.3, 0.4) is 0 Å². The van der Waals surface area contributed by atoms with Gasteiger partial charge in [-0.2, -0.15) is 14.9 Å². The Morgan fingerprint density at radius 1 is 1.18 bits per heavy atom. The lowest BCUT2D eigenvalue weighted by atomic mass is 9.76. The van der Waals surface area contributed by atoms with Crippen LogP contribution < -0.4 is 4.90 Å². The first-order chi connectivity index (χ1) is 21.3. The van der Waals surface area contributed by atoms with E-state index in [2.05, 4.69) is 24.5 Å². The fraction of sp³-hybridized carbons (Fsp3) is 0.389. The van der Waals surface area contributed by atoms with E-state index in [-0.39, 0.29) is 11.2 Å². The maximum atomic E-state index is 12.7. The summed E-state index contributed by atoms with van der Waals surface area (Å²) >= 11 is 0. The molecular weight excluding hydrogens is 566 g/mol. The number of aryl methyl sites for hydroxylation is 1. The van der Waals surface area contributed by atoms with Gasteiger partial charge in [0.25, 0.3) is 0 Å². The molecule has 9 heteroatoms. The first-order valence-electron chi connectivity index (χ1n) is 15.3. The third kappa shape index (κ3) is 6.71. The molecule has 0 radical (unpaired) electrons. The second-order valence-electron chi connectivity index (χ2n) is 13.2.